The Morgan fingerprint density at radius 1 is 1.26 bits per heavy atom. The normalized spacial score (nSPS) is 20.6. The van der Waals surface area contributed by atoms with Gasteiger partial charge in [-0.15, -0.1) is 0 Å². The number of hydrogen-bond acceptors (Lipinski definition) is 2. The molecule has 0 aromatic heterocycles. The van der Waals surface area contributed by atoms with Crippen LogP contribution in [0.25, 0.3) is 0 Å². The van der Waals surface area contributed by atoms with E-state index in [-0.39, 0.29) is 5.41 Å². The first kappa shape index (κ1) is 13.4. The minimum Gasteiger partial charge on any atom is -0.495 e. The highest BCUT2D eigenvalue weighted by Gasteiger charge is 2.47. The van der Waals surface area contributed by atoms with Gasteiger partial charge < -0.3 is 10.5 Å². The summed E-state index contributed by atoms with van der Waals surface area (Å²) in [5, 5.41) is 0. The fourth-order valence-electron chi connectivity index (χ4n) is 3.49. The molecule has 0 bridgehead atoms. The quantitative estimate of drug-likeness (QED) is 0.860. The SMILES string of the molecule is COc1c(Br)cc2c(c1C1(CN)CC1)CCCCC2. The van der Waals surface area contributed by atoms with Crippen LogP contribution in [0.5, 0.6) is 5.75 Å². The first-order valence-corrected chi connectivity index (χ1v) is 8.10. The zero-order valence-corrected chi connectivity index (χ0v) is 13.2. The average Bonchev–Trinajstić information content (AvgIpc) is 3.21. The van der Waals surface area contributed by atoms with E-state index in [1.807, 2.05) is 0 Å². The second kappa shape index (κ2) is 5.10. The van der Waals surface area contributed by atoms with E-state index in [9.17, 15) is 0 Å². The molecule has 1 fully saturated rings. The summed E-state index contributed by atoms with van der Waals surface area (Å²) in [5.41, 5.74) is 10.7. The molecule has 0 atom stereocenters. The first-order chi connectivity index (χ1) is 9.22. The lowest BCUT2D eigenvalue weighted by Gasteiger charge is -2.24. The number of fused-ring (bicyclic) bond motifs is 1. The first-order valence-electron chi connectivity index (χ1n) is 7.30. The third kappa shape index (κ3) is 2.21. The van der Waals surface area contributed by atoms with E-state index < -0.39 is 0 Å². The van der Waals surface area contributed by atoms with Gasteiger partial charge in [-0.05, 0) is 71.6 Å². The number of nitrogens with two attached hydrogens (primary N) is 1. The number of halogens is 1. The Hall–Kier alpha value is -0.540. The molecule has 2 aliphatic carbocycles. The molecule has 19 heavy (non-hydrogen) atoms. The minimum atomic E-state index is 0.198. The van der Waals surface area contributed by atoms with Gasteiger partial charge in [-0.2, -0.15) is 0 Å². The Bertz CT molecular complexity index is 494. The third-order valence-corrected chi connectivity index (χ3v) is 5.38. The number of benzene rings is 1. The van der Waals surface area contributed by atoms with E-state index in [0.717, 1.165) is 16.8 Å². The number of rotatable bonds is 3. The molecule has 0 unspecified atom stereocenters. The van der Waals surface area contributed by atoms with Crippen molar-refractivity contribution in [3.8, 4) is 5.75 Å². The van der Waals surface area contributed by atoms with E-state index in [2.05, 4.69) is 22.0 Å². The summed E-state index contributed by atoms with van der Waals surface area (Å²) in [7, 11) is 1.78. The maximum atomic E-state index is 6.08. The summed E-state index contributed by atoms with van der Waals surface area (Å²) in [5.74, 6) is 1.03. The van der Waals surface area contributed by atoms with Gasteiger partial charge in [-0.3, -0.25) is 0 Å². The zero-order chi connectivity index (χ0) is 13.5. The summed E-state index contributed by atoms with van der Waals surface area (Å²) in [6.45, 7) is 0.742. The molecule has 0 radical (unpaired) electrons. The van der Waals surface area contributed by atoms with Crippen molar-refractivity contribution in [2.75, 3.05) is 13.7 Å². The number of methoxy groups -OCH3 is 1. The number of aryl methyl sites for hydroxylation is 1. The van der Waals surface area contributed by atoms with Crippen molar-refractivity contribution in [3.63, 3.8) is 0 Å². The number of hydrogen-bond donors (Lipinski definition) is 1. The van der Waals surface area contributed by atoms with Crippen LogP contribution in [0.1, 0.15) is 48.8 Å². The highest BCUT2D eigenvalue weighted by Crippen LogP contribution is 2.54. The fourth-order valence-corrected chi connectivity index (χ4v) is 4.13. The van der Waals surface area contributed by atoms with E-state index >= 15 is 0 Å². The van der Waals surface area contributed by atoms with Crippen molar-refractivity contribution < 1.29 is 4.74 Å². The van der Waals surface area contributed by atoms with Crippen molar-refractivity contribution in [2.45, 2.75) is 50.4 Å². The molecule has 1 saturated carbocycles. The Labute approximate surface area is 123 Å². The topological polar surface area (TPSA) is 35.2 Å². The Morgan fingerprint density at radius 2 is 2.00 bits per heavy atom. The lowest BCUT2D eigenvalue weighted by molar-refractivity contribution is 0.400. The van der Waals surface area contributed by atoms with Crippen LogP contribution >= 0.6 is 15.9 Å². The van der Waals surface area contributed by atoms with Gasteiger partial charge in [-0.1, -0.05) is 6.42 Å². The van der Waals surface area contributed by atoms with Crippen molar-refractivity contribution in [1.29, 1.82) is 0 Å². The largest absolute Gasteiger partial charge is 0.495 e. The van der Waals surface area contributed by atoms with Crippen molar-refractivity contribution in [1.82, 2.24) is 0 Å². The highest BCUT2D eigenvalue weighted by atomic mass is 79.9. The summed E-state index contributed by atoms with van der Waals surface area (Å²) < 4.78 is 6.81. The predicted octanol–water partition coefficient (Wildman–Crippen LogP) is 3.72. The molecule has 2 nitrogen and oxygen atoms in total. The van der Waals surface area contributed by atoms with Gasteiger partial charge in [0.2, 0.25) is 0 Å². The summed E-state index contributed by atoms with van der Waals surface area (Å²) in [6, 6.07) is 2.27. The van der Waals surface area contributed by atoms with Crippen LogP contribution in [0, 0.1) is 0 Å². The molecule has 3 heteroatoms. The minimum absolute atomic E-state index is 0.198. The van der Waals surface area contributed by atoms with Crippen LogP contribution in [0.3, 0.4) is 0 Å². The molecule has 0 saturated heterocycles. The molecule has 0 aliphatic heterocycles. The monoisotopic (exact) mass is 323 g/mol. The number of ether oxygens (including phenoxy) is 1. The van der Waals surface area contributed by atoms with Gasteiger partial charge >= 0.3 is 0 Å². The molecule has 0 amide bonds. The molecule has 2 N–H and O–H groups in total. The summed E-state index contributed by atoms with van der Waals surface area (Å²) in [4.78, 5) is 0. The van der Waals surface area contributed by atoms with Crippen molar-refractivity contribution in [2.24, 2.45) is 5.73 Å². The molecule has 2 aliphatic rings. The van der Waals surface area contributed by atoms with Crippen LogP contribution < -0.4 is 10.5 Å². The highest BCUT2D eigenvalue weighted by molar-refractivity contribution is 9.10. The zero-order valence-electron chi connectivity index (χ0n) is 11.6. The molecule has 1 aromatic carbocycles. The van der Waals surface area contributed by atoms with Crippen LogP contribution in [0.2, 0.25) is 0 Å². The second-order valence-corrected chi connectivity index (χ2v) is 6.80. The van der Waals surface area contributed by atoms with Crippen molar-refractivity contribution in [3.05, 3.63) is 27.2 Å². The standard InChI is InChI=1S/C16H22BrNO/c1-19-15-13(17)9-11-5-3-2-4-6-12(11)14(15)16(10-18)7-8-16/h9H,2-8,10,18H2,1H3. The fraction of sp³-hybridized carbons (Fsp3) is 0.625. The molecule has 0 spiro atoms. The van der Waals surface area contributed by atoms with Gasteiger partial charge in [0.1, 0.15) is 5.75 Å². The van der Waals surface area contributed by atoms with Crippen LogP contribution in [0.15, 0.2) is 10.5 Å². The lowest BCUT2D eigenvalue weighted by Crippen LogP contribution is -2.23. The Balaban J connectivity index is 2.20. The van der Waals surface area contributed by atoms with E-state index in [0.29, 0.717) is 0 Å². The van der Waals surface area contributed by atoms with Gasteiger partial charge in [0, 0.05) is 17.5 Å². The maximum absolute atomic E-state index is 6.08. The van der Waals surface area contributed by atoms with Crippen LogP contribution in [-0.4, -0.2) is 13.7 Å². The average molecular weight is 324 g/mol. The third-order valence-electron chi connectivity index (χ3n) is 4.79. The van der Waals surface area contributed by atoms with Gasteiger partial charge in [0.25, 0.3) is 0 Å². The smallest absolute Gasteiger partial charge is 0.137 e. The van der Waals surface area contributed by atoms with E-state index in [1.165, 1.54) is 56.1 Å². The van der Waals surface area contributed by atoms with Crippen molar-refractivity contribution >= 4 is 15.9 Å². The second-order valence-electron chi connectivity index (χ2n) is 5.95. The molecular weight excluding hydrogens is 302 g/mol. The van der Waals surface area contributed by atoms with E-state index in [1.54, 1.807) is 12.7 Å². The molecular formula is C16H22BrNO. The molecule has 3 rings (SSSR count). The predicted molar refractivity (Wildman–Crippen MR) is 81.9 cm³/mol. The summed E-state index contributed by atoms with van der Waals surface area (Å²) in [6.07, 6.45) is 8.75. The molecule has 1 aromatic rings. The van der Waals surface area contributed by atoms with Crippen LogP contribution in [0.4, 0.5) is 0 Å². The lowest BCUT2D eigenvalue weighted by atomic mass is 9.85. The van der Waals surface area contributed by atoms with E-state index in [4.69, 9.17) is 10.5 Å². The summed E-state index contributed by atoms with van der Waals surface area (Å²) >= 11 is 3.70. The van der Waals surface area contributed by atoms with Gasteiger partial charge in [0.15, 0.2) is 0 Å². The Kier molecular flexibility index (Phi) is 3.61. The van der Waals surface area contributed by atoms with Gasteiger partial charge in [0.05, 0.1) is 11.6 Å². The molecule has 0 heterocycles. The maximum Gasteiger partial charge on any atom is 0.137 e. The van der Waals surface area contributed by atoms with Gasteiger partial charge in [-0.25, -0.2) is 0 Å². The molecule has 104 valence electrons. The Morgan fingerprint density at radius 3 is 2.63 bits per heavy atom. The van der Waals surface area contributed by atoms with Crippen LogP contribution in [-0.2, 0) is 18.3 Å².